The molecule has 2 aromatic rings. The Bertz CT molecular complexity index is 1020. The van der Waals surface area contributed by atoms with E-state index in [9.17, 15) is 22.8 Å². The topological polar surface area (TPSA) is 190 Å². The van der Waals surface area contributed by atoms with E-state index >= 15 is 0 Å². The monoisotopic (exact) mass is 413 g/mol. The van der Waals surface area contributed by atoms with Gasteiger partial charge in [-0.05, 0) is 17.3 Å². The van der Waals surface area contributed by atoms with Gasteiger partial charge in [-0.15, -0.1) is 5.10 Å². The third-order valence-corrected chi connectivity index (χ3v) is 4.33. The highest BCUT2D eigenvalue weighted by atomic mass is 32.2. The minimum Gasteiger partial charge on any atom is -0.480 e. The molecule has 1 unspecified atom stereocenters. The molecule has 0 radical (unpaired) electrons. The van der Waals surface area contributed by atoms with Gasteiger partial charge in [0.15, 0.2) is 5.25 Å². The number of carbonyl (C=O) groups is 3. The molecule has 0 aliphatic rings. The smallest absolute Gasteiger partial charge is 0.322 e. The van der Waals surface area contributed by atoms with Gasteiger partial charge in [0, 0.05) is 12.6 Å². The number of hydrogen-bond acceptors (Lipinski definition) is 8. The molecule has 0 saturated heterocycles. The first kappa shape index (κ1) is 20.8. The van der Waals surface area contributed by atoms with Gasteiger partial charge in [-0.25, -0.2) is 0 Å². The molecule has 1 aromatic carbocycles. The number of hydrogen-bond donors (Lipinski definition) is 4. The Labute approximate surface area is 157 Å². The maximum absolute atomic E-state index is 11.7. The van der Waals surface area contributed by atoms with Gasteiger partial charge in [0.05, 0.1) is 0 Å². The first-order valence-electron chi connectivity index (χ1n) is 7.56. The Morgan fingerprint density at radius 3 is 2.64 bits per heavy atom. The van der Waals surface area contributed by atoms with Crippen LogP contribution >= 0.6 is 0 Å². The molecule has 0 aliphatic heterocycles. The highest BCUT2D eigenvalue weighted by Crippen LogP contribution is 2.07. The number of rotatable bonds is 9. The van der Waals surface area contributed by atoms with Crippen molar-refractivity contribution in [1.82, 2.24) is 25.8 Å². The van der Waals surface area contributed by atoms with Crippen molar-refractivity contribution in [1.29, 1.82) is 0 Å². The van der Waals surface area contributed by atoms with Crippen molar-refractivity contribution in [2.24, 2.45) is 0 Å². The van der Waals surface area contributed by atoms with Gasteiger partial charge in [-0.2, -0.15) is 8.42 Å². The molecule has 0 fully saturated rings. The van der Waals surface area contributed by atoms with Gasteiger partial charge in [0.2, 0.25) is 11.8 Å². The molecule has 28 heavy (non-hydrogen) atoms. The zero-order valence-corrected chi connectivity index (χ0v) is 14.9. The van der Waals surface area contributed by atoms with Crippen molar-refractivity contribution >= 4 is 38.9 Å². The largest absolute Gasteiger partial charge is 0.480 e. The van der Waals surface area contributed by atoms with Gasteiger partial charge in [0.25, 0.3) is 10.1 Å². The number of nitrogens with one attached hydrogen (secondary N) is 2. The van der Waals surface area contributed by atoms with E-state index in [0.29, 0.717) is 11.0 Å². The van der Waals surface area contributed by atoms with Gasteiger partial charge in [-0.1, -0.05) is 17.0 Å². The molecule has 2 amide bonds. The van der Waals surface area contributed by atoms with Gasteiger partial charge in [-0.3, -0.25) is 18.9 Å². The quantitative estimate of drug-likeness (QED) is 0.202. The summed E-state index contributed by atoms with van der Waals surface area (Å²) in [5.41, 5.74) is 1.10. The Kier molecular flexibility index (Phi) is 6.62. The van der Waals surface area contributed by atoms with E-state index in [1.165, 1.54) is 0 Å². The van der Waals surface area contributed by atoms with Crippen LogP contribution in [0.25, 0.3) is 11.0 Å². The Hall–Kier alpha value is -3.52. The third kappa shape index (κ3) is 5.75. The summed E-state index contributed by atoms with van der Waals surface area (Å²) in [6.07, 6.45) is 1.83. The fourth-order valence-corrected chi connectivity index (χ4v) is 2.59. The molecule has 0 bridgehead atoms. The number of para-hydroxylation sites is 1. The van der Waals surface area contributed by atoms with Crippen LogP contribution in [0.2, 0.25) is 0 Å². The van der Waals surface area contributed by atoms with Crippen LogP contribution in [-0.4, -0.2) is 69.4 Å². The molecule has 14 heteroatoms. The summed E-state index contributed by atoms with van der Waals surface area (Å²) in [6, 6.07) is 6.86. The summed E-state index contributed by atoms with van der Waals surface area (Å²) in [6.45, 7) is -1.64. The molecular formula is C14H15N5O8S. The van der Waals surface area contributed by atoms with Crippen LogP contribution < -0.4 is 15.5 Å². The van der Waals surface area contributed by atoms with E-state index in [0.717, 1.165) is 17.2 Å². The summed E-state index contributed by atoms with van der Waals surface area (Å²) in [7, 11) is -4.89. The first-order chi connectivity index (χ1) is 13.2. The lowest BCUT2D eigenvalue weighted by Crippen LogP contribution is -2.47. The van der Waals surface area contributed by atoms with Gasteiger partial charge >= 0.3 is 5.97 Å². The number of benzene rings is 1. The minimum absolute atomic E-state index is 0.536. The van der Waals surface area contributed by atoms with Crippen LogP contribution in [0, 0.1) is 0 Å². The van der Waals surface area contributed by atoms with E-state index in [2.05, 4.69) is 15.6 Å². The third-order valence-electron chi connectivity index (χ3n) is 3.23. The van der Waals surface area contributed by atoms with Crippen molar-refractivity contribution in [3.63, 3.8) is 0 Å². The summed E-state index contributed by atoms with van der Waals surface area (Å²) in [4.78, 5) is 40.0. The molecule has 2 rings (SSSR count). The second-order valence-corrected chi connectivity index (χ2v) is 6.82. The molecule has 13 nitrogen and oxygen atoms in total. The zero-order chi connectivity index (χ0) is 20.7. The van der Waals surface area contributed by atoms with Crippen LogP contribution in [0.15, 0.2) is 36.6 Å². The van der Waals surface area contributed by atoms with Crippen molar-refractivity contribution in [3.05, 3.63) is 36.6 Å². The van der Waals surface area contributed by atoms with Crippen molar-refractivity contribution in [3.8, 4) is 0 Å². The van der Waals surface area contributed by atoms with Crippen molar-refractivity contribution in [2.75, 3.05) is 13.1 Å². The first-order valence-corrected chi connectivity index (χ1v) is 9.06. The Morgan fingerprint density at radius 2 is 1.96 bits per heavy atom. The lowest BCUT2D eigenvalue weighted by molar-refractivity contribution is -0.138. The van der Waals surface area contributed by atoms with E-state index in [-0.39, 0.29) is 0 Å². The predicted octanol–water partition coefficient (Wildman–Crippen LogP) is -2.05. The standard InChI is InChI=1S/C14H15N5O8S/c20-12(5-6-27-19-10-4-2-1-3-9(10)17-18-19)15-7-11(28(24,25)26)14(23)16-8-13(21)22/h1-6,11H,7-8H2,(H,15,20)(H,16,23)(H,21,22)(H,24,25,26)/b6-5+. The summed E-state index contributed by atoms with van der Waals surface area (Å²) < 4.78 is 31.6. The van der Waals surface area contributed by atoms with Crippen LogP contribution in [0.5, 0.6) is 0 Å². The molecule has 0 aliphatic carbocycles. The highest BCUT2D eigenvalue weighted by Gasteiger charge is 2.31. The molecule has 4 N–H and O–H groups in total. The van der Waals surface area contributed by atoms with Gasteiger partial charge in [0.1, 0.15) is 23.8 Å². The number of fused-ring (bicyclic) bond motifs is 1. The van der Waals surface area contributed by atoms with Crippen molar-refractivity contribution in [2.45, 2.75) is 5.25 Å². The number of aromatic nitrogens is 3. The van der Waals surface area contributed by atoms with Gasteiger partial charge < -0.3 is 20.6 Å². The number of nitrogens with zero attached hydrogens (tertiary/aromatic N) is 3. The fraction of sp³-hybridized carbons (Fsp3) is 0.214. The SMILES string of the molecule is O=C(O)CNC(=O)C(CNC(=O)/C=C/On1nnc2ccccc21)S(=O)(=O)O. The van der Waals surface area contributed by atoms with Crippen LogP contribution in [-0.2, 0) is 24.5 Å². The Morgan fingerprint density at radius 1 is 1.25 bits per heavy atom. The van der Waals surface area contributed by atoms with Crippen LogP contribution in [0.4, 0.5) is 0 Å². The number of carboxylic acid groups (broad SMARTS) is 1. The minimum atomic E-state index is -4.89. The number of carboxylic acids is 1. The highest BCUT2D eigenvalue weighted by molar-refractivity contribution is 7.87. The molecule has 1 atom stereocenters. The summed E-state index contributed by atoms with van der Waals surface area (Å²) >= 11 is 0. The number of amides is 2. The summed E-state index contributed by atoms with van der Waals surface area (Å²) in [5, 5.41) is 17.8. The number of carbonyl (C=O) groups excluding carboxylic acids is 2. The molecule has 1 heterocycles. The van der Waals surface area contributed by atoms with E-state index < -0.39 is 46.2 Å². The van der Waals surface area contributed by atoms with E-state index in [4.69, 9.17) is 14.5 Å². The van der Waals surface area contributed by atoms with E-state index in [1.54, 1.807) is 29.6 Å². The maximum atomic E-state index is 11.7. The summed E-state index contributed by atoms with van der Waals surface area (Å²) in [5.74, 6) is -3.53. The van der Waals surface area contributed by atoms with E-state index in [1.807, 2.05) is 0 Å². The fourth-order valence-electron chi connectivity index (χ4n) is 1.94. The molecule has 150 valence electrons. The molecule has 0 saturated carbocycles. The van der Waals surface area contributed by atoms with Crippen molar-refractivity contribution < 1.29 is 37.3 Å². The zero-order valence-electron chi connectivity index (χ0n) is 14.0. The van der Waals surface area contributed by atoms with Crippen LogP contribution in [0.3, 0.4) is 0 Å². The average Bonchev–Trinajstić information content (AvgIpc) is 3.02. The normalized spacial score (nSPS) is 12.6. The molecule has 0 spiro atoms. The molecule has 1 aromatic heterocycles. The second-order valence-electron chi connectivity index (χ2n) is 5.22. The lowest BCUT2D eigenvalue weighted by Gasteiger charge is -2.13. The number of aliphatic carboxylic acids is 1. The Balaban J connectivity index is 1.92. The maximum Gasteiger partial charge on any atom is 0.322 e. The van der Waals surface area contributed by atoms with Crippen LogP contribution in [0.1, 0.15) is 0 Å². The average molecular weight is 413 g/mol. The lowest BCUT2D eigenvalue weighted by atomic mass is 10.3. The predicted molar refractivity (Wildman–Crippen MR) is 92.2 cm³/mol. The second kappa shape index (κ2) is 8.92. The molecular weight excluding hydrogens is 398 g/mol.